The van der Waals surface area contributed by atoms with Crippen LogP contribution in [-0.4, -0.2) is 32.1 Å². The molecular formula is C9H13NO4. The number of carbonyl (C=O) groups is 2. The minimum absolute atomic E-state index is 0.0310. The Morgan fingerprint density at radius 2 is 2.21 bits per heavy atom. The molecule has 0 aromatic rings. The number of carbonyl (C=O) groups excluding carboxylic acids is 2. The van der Waals surface area contributed by atoms with Gasteiger partial charge in [-0.2, -0.15) is 0 Å². The molecule has 0 unspecified atom stereocenters. The van der Waals surface area contributed by atoms with E-state index in [0.717, 1.165) is 0 Å². The van der Waals surface area contributed by atoms with Crippen LogP contribution >= 0.6 is 0 Å². The van der Waals surface area contributed by atoms with Crippen molar-refractivity contribution >= 4 is 11.9 Å². The summed E-state index contributed by atoms with van der Waals surface area (Å²) in [7, 11) is 2.78. The second kappa shape index (κ2) is 4.64. The number of hydrogen-bond donors (Lipinski definition) is 1. The molecule has 1 N–H and O–H groups in total. The number of rotatable bonds is 4. The Labute approximate surface area is 82.1 Å². The summed E-state index contributed by atoms with van der Waals surface area (Å²) in [5.41, 5.74) is 0. The predicted octanol–water partition coefficient (Wildman–Crippen LogP) is -0.0317. The number of hydrogen-bond acceptors (Lipinski definition) is 4. The molecule has 1 rings (SSSR count). The van der Waals surface area contributed by atoms with Crippen LogP contribution in [0, 0.1) is 0 Å². The van der Waals surface area contributed by atoms with Crippen molar-refractivity contribution in [3.8, 4) is 0 Å². The summed E-state index contributed by atoms with van der Waals surface area (Å²) in [6.45, 7) is 0. The molecule has 1 saturated heterocycles. The molecule has 0 aromatic heterocycles. The summed E-state index contributed by atoms with van der Waals surface area (Å²) in [6, 6.07) is 0.0818. The van der Waals surface area contributed by atoms with Gasteiger partial charge in [-0.1, -0.05) is 0 Å². The fourth-order valence-electron chi connectivity index (χ4n) is 1.19. The molecule has 0 aliphatic carbocycles. The molecule has 0 radical (unpaired) electrons. The summed E-state index contributed by atoms with van der Waals surface area (Å²) in [5.74, 6) is 0.0953. The summed E-state index contributed by atoms with van der Waals surface area (Å²) >= 11 is 0. The molecular weight excluding hydrogens is 186 g/mol. The van der Waals surface area contributed by atoms with Crippen LogP contribution < -0.4 is 5.32 Å². The average Bonchev–Trinajstić information content (AvgIpc) is 2.13. The summed E-state index contributed by atoms with van der Waals surface area (Å²) < 4.78 is 9.43. The molecule has 5 nitrogen and oxygen atoms in total. The van der Waals surface area contributed by atoms with Gasteiger partial charge < -0.3 is 14.8 Å². The Balaban J connectivity index is 2.42. The topological polar surface area (TPSA) is 64.6 Å². The van der Waals surface area contributed by atoms with Crippen LogP contribution in [0.4, 0.5) is 0 Å². The number of β-lactam (4-membered cyclic amide) rings is 1. The van der Waals surface area contributed by atoms with Crippen molar-refractivity contribution in [2.45, 2.75) is 18.9 Å². The van der Waals surface area contributed by atoms with E-state index >= 15 is 0 Å². The van der Waals surface area contributed by atoms with E-state index in [1.807, 2.05) is 0 Å². The largest absolute Gasteiger partial charge is 0.501 e. The molecule has 14 heavy (non-hydrogen) atoms. The second-order valence-corrected chi connectivity index (χ2v) is 3.01. The normalized spacial score (nSPS) is 20.9. The molecule has 1 amide bonds. The van der Waals surface area contributed by atoms with Crippen LogP contribution in [0.1, 0.15) is 12.8 Å². The molecule has 1 fully saturated rings. The fraction of sp³-hybridized carbons (Fsp3) is 0.556. The first-order valence-electron chi connectivity index (χ1n) is 4.27. The van der Waals surface area contributed by atoms with Gasteiger partial charge in [0, 0.05) is 18.9 Å². The first-order valence-corrected chi connectivity index (χ1v) is 4.27. The zero-order chi connectivity index (χ0) is 10.6. The quantitative estimate of drug-likeness (QED) is 0.299. The van der Waals surface area contributed by atoms with Crippen molar-refractivity contribution in [3.05, 3.63) is 11.8 Å². The monoisotopic (exact) mass is 199 g/mol. The molecule has 0 saturated carbocycles. The molecule has 78 valence electrons. The van der Waals surface area contributed by atoms with Gasteiger partial charge in [0.1, 0.15) is 5.76 Å². The van der Waals surface area contributed by atoms with E-state index in [2.05, 4.69) is 10.1 Å². The molecule has 0 spiro atoms. The van der Waals surface area contributed by atoms with Crippen molar-refractivity contribution in [2.24, 2.45) is 0 Å². The third-order valence-corrected chi connectivity index (χ3v) is 1.99. The number of nitrogens with one attached hydrogen (secondary N) is 1. The van der Waals surface area contributed by atoms with Gasteiger partial charge in [0.05, 0.1) is 20.3 Å². The Kier molecular flexibility index (Phi) is 3.50. The second-order valence-electron chi connectivity index (χ2n) is 3.01. The molecule has 0 aromatic carbocycles. The van der Waals surface area contributed by atoms with Gasteiger partial charge in [0.2, 0.25) is 5.91 Å². The average molecular weight is 199 g/mol. The van der Waals surface area contributed by atoms with Crippen molar-refractivity contribution in [1.82, 2.24) is 5.32 Å². The molecule has 0 bridgehead atoms. The molecule has 1 aliphatic heterocycles. The maximum Gasteiger partial charge on any atom is 0.333 e. The smallest absolute Gasteiger partial charge is 0.333 e. The lowest BCUT2D eigenvalue weighted by molar-refractivity contribution is -0.135. The van der Waals surface area contributed by atoms with Crippen LogP contribution in [0.15, 0.2) is 11.8 Å². The van der Waals surface area contributed by atoms with Gasteiger partial charge in [-0.15, -0.1) is 0 Å². The zero-order valence-corrected chi connectivity index (χ0v) is 8.20. The summed E-state index contributed by atoms with van der Waals surface area (Å²) in [5, 5.41) is 2.69. The zero-order valence-electron chi connectivity index (χ0n) is 8.20. The van der Waals surface area contributed by atoms with Gasteiger partial charge >= 0.3 is 5.97 Å². The van der Waals surface area contributed by atoms with Crippen molar-refractivity contribution in [3.63, 3.8) is 0 Å². The highest BCUT2D eigenvalue weighted by atomic mass is 16.5. The van der Waals surface area contributed by atoms with E-state index in [9.17, 15) is 9.59 Å². The minimum Gasteiger partial charge on any atom is -0.501 e. The summed E-state index contributed by atoms with van der Waals surface area (Å²) in [6.07, 6.45) is 2.30. The molecule has 5 heteroatoms. The SMILES string of the molecule is COC(=O)C=C(C[C@@H]1CC(=O)N1)OC. The van der Waals surface area contributed by atoms with Crippen LogP contribution in [0.25, 0.3) is 0 Å². The molecule has 1 aliphatic rings. The highest BCUT2D eigenvalue weighted by molar-refractivity contribution is 5.84. The van der Waals surface area contributed by atoms with Gasteiger partial charge in [-0.3, -0.25) is 4.79 Å². The van der Waals surface area contributed by atoms with Crippen molar-refractivity contribution in [1.29, 1.82) is 0 Å². The standard InChI is InChI=1S/C9H13NO4/c1-13-7(5-9(12)14-2)3-6-4-8(11)10-6/h5-6H,3-4H2,1-2H3,(H,10,11)/t6-/m1/s1. The molecule has 1 atom stereocenters. The van der Waals surface area contributed by atoms with Gasteiger partial charge in [-0.25, -0.2) is 4.79 Å². The number of methoxy groups -OCH3 is 2. The first-order chi connectivity index (χ1) is 6.65. The third-order valence-electron chi connectivity index (χ3n) is 1.99. The van der Waals surface area contributed by atoms with E-state index < -0.39 is 5.97 Å². The lowest BCUT2D eigenvalue weighted by Gasteiger charge is -2.27. The Morgan fingerprint density at radius 1 is 1.57 bits per heavy atom. The van der Waals surface area contributed by atoms with Gasteiger partial charge in [0.25, 0.3) is 0 Å². The van der Waals surface area contributed by atoms with E-state index in [0.29, 0.717) is 18.6 Å². The van der Waals surface area contributed by atoms with E-state index in [-0.39, 0.29) is 11.9 Å². The lowest BCUT2D eigenvalue weighted by Crippen LogP contribution is -2.48. The van der Waals surface area contributed by atoms with Crippen molar-refractivity contribution in [2.75, 3.05) is 14.2 Å². The number of esters is 1. The van der Waals surface area contributed by atoms with Gasteiger partial charge in [0.15, 0.2) is 0 Å². The van der Waals surface area contributed by atoms with E-state index in [4.69, 9.17) is 4.74 Å². The summed E-state index contributed by atoms with van der Waals surface area (Å²) in [4.78, 5) is 21.5. The number of amides is 1. The van der Waals surface area contributed by atoms with Crippen LogP contribution in [0.3, 0.4) is 0 Å². The van der Waals surface area contributed by atoms with Crippen LogP contribution in [0.2, 0.25) is 0 Å². The Bertz CT molecular complexity index is 264. The lowest BCUT2D eigenvalue weighted by atomic mass is 10.0. The van der Waals surface area contributed by atoms with Crippen LogP contribution in [-0.2, 0) is 19.1 Å². The van der Waals surface area contributed by atoms with E-state index in [1.54, 1.807) is 0 Å². The minimum atomic E-state index is -0.451. The van der Waals surface area contributed by atoms with Crippen LogP contribution in [0.5, 0.6) is 0 Å². The Hall–Kier alpha value is -1.52. The molecule has 1 heterocycles. The maximum atomic E-state index is 10.9. The maximum absolute atomic E-state index is 10.9. The highest BCUT2D eigenvalue weighted by Crippen LogP contribution is 2.15. The fourth-order valence-corrected chi connectivity index (χ4v) is 1.19. The third kappa shape index (κ3) is 2.76. The van der Waals surface area contributed by atoms with Gasteiger partial charge in [-0.05, 0) is 0 Å². The predicted molar refractivity (Wildman–Crippen MR) is 48.3 cm³/mol. The van der Waals surface area contributed by atoms with Crippen molar-refractivity contribution < 1.29 is 19.1 Å². The highest BCUT2D eigenvalue weighted by Gasteiger charge is 2.26. The Morgan fingerprint density at radius 3 is 2.64 bits per heavy atom. The van der Waals surface area contributed by atoms with E-state index in [1.165, 1.54) is 20.3 Å². The number of ether oxygens (including phenoxy) is 2. The first kappa shape index (κ1) is 10.6.